The van der Waals surface area contributed by atoms with Crippen LogP contribution in [0, 0.1) is 0 Å². The maximum Gasteiger partial charge on any atom is 0.251 e. The summed E-state index contributed by atoms with van der Waals surface area (Å²) in [7, 11) is 0. The van der Waals surface area contributed by atoms with E-state index in [4.69, 9.17) is 4.74 Å². The number of H-pyrrole nitrogens is 1. The maximum absolute atomic E-state index is 12.0. The number of aryl methyl sites for hydroxylation is 1. The van der Waals surface area contributed by atoms with Crippen molar-refractivity contribution in [1.29, 1.82) is 0 Å². The second-order valence-electron chi connectivity index (χ2n) is 5.67. The van der Waals surface area contributed by atoms with Crippen LogP contribution in [0.25, 0.3) is 10.9 Å². The molecule has 1 aromatic carbocycles. The molecule has 0 aliphatic carbocycles. The fraction of sp³-hybridized carbons (Fsp3) is 0.471. The zero-order valence-corrected chi connectivity index (χ0v) is 12.8. The predicted octanol–water partition coefficient (Wildman–Crippen LogP) is 1.46. The van der Waals surface area contributed by atoms with Crippen molar-refractivity contribution >= 4 is 10.9 Å². The summed E-state index contributed by atoms with van der Waals surface area (Å²) in [5, 5.41) is 10.8. The molecule has 0 radical (unpaired) electrons. The number of morpholine rings is 1. The number of aliphatic hydroxyl groups excluding tert-OH is 1. The molecule has 1 aromatic heterocycles. The molecular weight excluding hydrogens is 280 g/mol. The quantitative estimate of drug-likeness (QED) is 0.897. The molecule has 1 aliphatic heterocycles. The molecule has 118 valence electrons. The summed E-state index contributed by atoms with van der Waals surface area (Å²) in [5.41, 5.74) is 2.62. The SMILES string of the molecule is CCc1cc2ccc(C(CO)N3CCOCC3)cc2[nH]c1=O. The molecule has 3 rings (SSSR count). The third kappa shape index (κ3) is 2.92. The molecule has 0 amide bonds. The topological polar surface area (TPSA) is 65.6 Å². The lowest BCUT2D eigenvalue weighted by molar-refractivity contribution is 0.00262. The molecule has 2 N–H and O–H groups in total. The molecule has 0 saturated carbocycles. The lowest BCUT2D eigenvalue weighted by Crippen LogP contribution is -2.40. The predicted molar refractivity (Wildman–Crippen MR) is 86.2 cm³/mol. The summed E-state index contributed by atoms with van der Waals surface area (Å²) in [5.74, 6) is 0. The first-order valence-corrected chi connectivity index (χ1v) is 7.81. The highest BCUT2D eigenvalue weighted by molar-refractivity contribution is 5.79. The van der Waals surface area contributed by atoms with Crippen molar-refractivity contribution < 1.29 is 9.84 Å². The van der Waals surface area contributed by atoms with E-state index in [1.54, 1.807) is 0 Å². The number of ether oxygens (including phenoxy) is 1. The fourth-order valence-corrected chi connectivity index (χ4v) is 3.05. The average Bonchev–Trinajstić information content (AvgIpc) is 2.56. The van der Waals surface area contributed by atoms with Crippen molar-refractivity contribution in [2.24, 2.45) is 0 Å². The Morgan fingerprint density at radius 3 is 2.77 bits per heavy atom. The molecule has 1 fully saturated rings. The lowest BCUT2D eigenvalue weighted by atomic mass is 10.0. The molecule has 0 bridgehead atoms. The highest BCUT2D eigenvalue weighted by atomic mass is 16.5. The number of nitrogens with zero attached hydrogens (tertiary/aromatic N) is 1. The molecule has 2 heterocycles. The number of aromatic nitrogens is 1. The molecule has 2 aromatic rings. The number of hydrogen-bond acceptors (Lipinski definition) is 4. The second-order valence-corrected chi connectivity index (χ2v) is 5.67. The first-order chi connectivity index (χ1) is 10.7. The van der Waals surface area contributed by atoms with Crippen LogP contribution in [-0.4, -0.2) is 47.9 Å². The van der Waals surface area contributed by atoms with Crippen LogP contribution in [0.5, 0.6) is 0 Å². The lowest BCUT2D eigenvalue weighted by Gasteiger charge is -2.33. The number of hydrogen-bond donors (Lipinski definition) is 2. The highest BCUT2D eigenvalue weighted by Crippen LogP contribution is 2.24. The van der Waals surface area contributed by atoms with Crippen molar-refractivity contribution in [3.8, 4) is 0 Å². The van der Waals surface area contributed by atoms with E-state index in [0.717, 1.165) is 41.5 Å². The van der Waals surface area contributed by atoms with Gasteiger partial charge in [0.05, 0.1) is 25.9 Å². The minimum Gasteiger partial charge on any atom is -0.394 e. The fourth-order valence-electron chi connectivity index (χ4n) is 3.05. The van der Waals surface area contributed by atoms with Gasteiger partial charge in [-0.25, -0.2) is 0 Å². The Labute approximate surface area is 129 Å². The number of aliphatic hydroxyl groups is 1. The van der Waals surface area contributed by atoms with E-state index < -0.39 is 0 Å². The Morgan fingerprint density at radius 2 is 2.09 bits per heavy atom. The summed E-state index contributed by atoms with van der Waals surface area (Å²) in [6.45, 7) is 5.05. The summed E-state index contributed by atoms with van der Waals surface area (Å²) < 4.78 is 5.37. The Bertz CT molecular complexity index is 705. The Morgan fingerprint density at radius 1 is 1.32 bits per heavy atom. The number of aromatic amines is 1. The molecule has 0 spiro atoms. The van der Waals surface area contributed by atoms with E-state index in [2.05, 4.69) is 9.88 Å². The van der Waals surface area contributed by atoms with Crippen molar-refractivity contribution in [3.05, 3.63) is 45.7 Å². The monoisotopic (exact) mass is 302 g/mol. The van der Waals surface area contributed by atoms with Crippen molar-refractivity contribution in [2.75, 3.05) is 32.9 Å². The normalized spacial score (nSPS) is 17.7. The van der Waals surface area contributed by atoms with Gasteiger partial charge in [0.1, 0.15) is 0 Å². The van der Waals surface area contributed by atoms with Crippen molar-refractivity contribution in [2.45, 2.75) is 19.4 Å². The van der Waals surface area contributed by atoms with Crippen LogP contribution < -0.4 is 5.56 Å². The first kappa shape index (κ1) is 15.2. The number of benzene rings is 1. The first-order valence-electron chi connectivity index (χ1n) is 7.81. The second kappa shape index (κ2) is 6.60. The zero-order chi connectivity index (χ0) is 15.5. The minimum absolute atomic E-state index is 0.0286. The van der Waals surface area contributed by atoms with E-state index >= 15 is 0 Å². The molecule has 1 aliphatic rings. The Hall–Kier alpha value is -1.69. The van der Waals surface area contributed by atoms with Gasteiger partial charge in [-0.3, -0.25) is 9.69 Å². The van der Waals surface area contributed by atoms with Gasteiger partial charge in [-0.05, 0) is 29.5 Å². The van der Waals surface area contributed by atoms with Crippen LogP contribution in [0.4, 0.5) is 0 Å². The van der Waals surface area contributed by atoms with Crippen LogP contribution in [-0.2, 0) is 11.2 Å². The standard InChI is InChI=1S/C17H22N2O3/c1-2-12-9-13-3-4-14(10-15(13)18-17(12)21)16(11-20)19-5-7-22-8-6-19/h3-4,9-10,16,20H,2,5-8,11H2,1H3,(H,18,21). The number of nitrogens with one attached hydrogen (secondary N) is 1. The number of fused-ring (bicyclic) bond motifs is 1. The van der Waals surface area contributed by atoms with Gasteiger partial charge >= 0.3 is 0 Å². The summed E-state index contributed by atoms with van der Waals surface area (Å²) in [4.78, 5) is 17.2. The molecule has 5 heteroatoms. The van der Waals surface area contributed by atoms with E-state index in [-0.39, 0.29) is 18.2 Å². The highest BCUT2D eigenvalue weighted by Gasteiger charge is 2.22. The van der Waals surface area contributed by atoms with Crippen molar-refractivity contribution in [1.82, 2.24) is 9.88 Å². The van der Waals surface area contributed by atoms with E-state index in [9.17, 15) is 9.90 Å². The Kier molecular flexibility index (Phi) is 4.57. The summed E-state index contributed by atoms with van der Waals surface area (Å²) in [6.07, 6.45) is 0.722. The van der Waals surface area contributed by atoms with Crippen LogP contribution in [0.2, 0.25) is 0 Å². The van der Waals surface area contributed by atoms with Gasteiger partial charge in [0.15, 0.2) is 0 Å². The van der Waals surface area contributed by atoms with Gasteiger partial charge in [0.2, 0.25) is 0 Å². The summed E-state index contributed by atoms with van der Waals surface area (Å²) in [6, 6.07) is 7.93. The van der Waals surface area contributed by atoms with Crippen LogP contribution >= 0.6 is 0 Å². The Balaban J connectivity index is 1.97. The number of rotatable bonds is 4. The van der Waals surface area contributed by atoms with E-state index in [1.165, 1.54) is 0 Å². The maximum atomic E-state index is 12.0. The van der Waals surface area contributed by atoms with Gasteiger partial charge in [-0.2, -0.15) is 0 Å². The van der Waals surface area contributed by atoms with Crippen LogP contribution in [0.1, 0.15) is 24.1 Å². The molecule has 1 unspecified atom stereocenters. The minimum atomic E-state index is -0.0531. The molecule has 5 nitrogen and oxygen atoms in total. The van der Waals surface area contributed by atoms with Gasteiger partial charge in [-0.15, -0.1) is 0 Å². The smallest absolute Gasteiger partial charge is 0.251 e. The molecule has 1 saturated heterocycles. The average molecular weight is 302 g/mol. The molecular formula is C17H22N2O3. The van der Waals surface area contributed by atoms with Gasteiger partial charge in [-0.1, -0.05) is 19.1 Å². The molecule has 22 heavy (non-hydrogen) atoms. The van der Waals surface area contributed by atoms with Crippen LogP contribution in [0.3, 0.4) is 0 Å². The molecule has 1 atom stereocenters. The van der Waals surface area contributed by atoms with E-state index in [1.807, 2.05) is 31.2 Å². The third-order valence-electron chi connectivity index (χ3n) is 4.37. The van der Waals surface area contributed by atoms with Gasteiger partial charge < -0.3 is 14.8 Å². The largest absolute Gasteiger partial charge is 0.394 e. The van der Waals surface area contributed by atoms with Gasteiger partial charge in [0, 0.05) is 24.2 Å². The zero-order valence-electron chi connectivity index (χ0n) is 12.8. The number of pyridine rings is 1. The van der Waals surface area contributed by atoms with Gasteiger partial charge in [0.25, 0.3) is 5.56 Å². The third-order valence-corrected chi connectivity index (χ3v) is 4.37. The van der Waals surface area contributed by atoms with E-state index in [0.29, 0.717) is 13.2 Å². The summed E-state index contributed by atoms with van der Waals surface area (Å²) >= 11 is 0. The van der Waals surface area contributed by atoms with Crippen molar-refractivity contribution in [3.63, 3.8) is 0 Å². The van der Waals surface area contributed by atoms with Crippen LogP contribution in [0.15, 0.2) is 29.1 Å².